The predicted molar refractivity (Wildman–Crippen MR) is 260 cm³/mol. The summed E-state index contributed by atoms with van der Waals surface area (Å²) in [6, 6.07) is 0. The van der Waals surface area contributed by atoms with E-state index in [4.69, 9.17) is 37.9 Å². The van der Waals surface area contributed by atoms with Crippen LogP contribution in [0, 0.1) is 45.3 Å². The second-order valence-electron chi connectivity index (χ2n) is 25.3. The summed E-state index contributed by atoms with van der Waals surface area (Å²) >= 11 is 0. The van der Waals surface area contributed by atoms with Crippen LogP contribution in [0.15, 0.2) is 11.6 Å². The molecule has 0 unspecified atom stereocenters. The minimum Gasteiger partial charge on any atom is -0.394 e. The molecule has 4 aliphatic heterocycles. The van der Waals surface area contributed by atoms with E-state index in [1.807, 2.05) is 20.8 Å². The Balaban J connectivity index is 1.01. The maximum absolute atomic E-state index is 12.8. The first-order chi connectivity index (χ1) is 35.1. The number of aliphatic hydroxyl groups excluding tert-OH is 14. The minimum atomic E-state index is -1.81. The molecule has 4 aliphatic carbocycles. The Bertz CT molecular complexity index is 1940. The summed E-state index contributed by atoms with van der Waals surface area (Å²) < 4.78 is 48.8. The van der Waals surface area contributed by atoms with Gasteiger partial charge in [0, 0.05) is 0 Å². The van der Waals surface area contributed by atoms with Crippen LogP contribution in [0.2, 0.25) is 0 Å². The zero-order valence-electron chi connectivity index (χ0n) is 44.7. The molecule has 0 aromatic heterocycles. The van der Waals surface area contributed by atoms with Crippen LogP contribution in [0.4, 0.5) is 0 Å². The molecule has 4 heterocycles. The lowest BCUT2D eigenvalue weighted by Crippen LogP contribution is -2.68. The van der Waals surface area contributed by atoms with E-state index in [1.54, 1.807) is 0 Å². The average Bonchev–Trinajstić information content (AvgIpc) is 3.75. The Labute approximate surface area is 439 Å². The molecule has 0 aromatic carbocycles. The molecule has 4 saturated heterocycles. The third-order valence-corrected chi connectivity index (χ3v) is 20.5. The zero-order valence-corrected chi connectivity index (χ0v) is 44.7. The Morgan fingerprint density at radius 2 is 1.16 bits per heavy atom. The smallest absolute Gasteiger partial charge is 0.187 e. The Morgan fingerprint density at radius 1 is 0.587 bits per heavy atom. The monoisotopic (exact) mass is 1080 g/mol. The Kier molecular flexibility index (Phi) is 18.1. The summed E-state index contributed by atoms with van der Waals surface area (Å²) in [5, 5.41) is 151. The van der Waals surface area contributed by atoms with E-state index in [0.29, 0.717) is 38.5 Å². The highest BCUT2D eigenvalue weighted by Gasteiger charge is 2.72. The molecule has 29 atom stereocenters. The third-order valence-electron chi connectivity index (χ3n) is 20.5. The number of rotatable bonds is 15. The molecule has 434 valence electrons. The van der Waals surface area contributed by atoms with Gasteiger partial charge in [-0.05, 0) is 124 Å². The molecule has 0 spiro atoms. The van der Waals surface area contributed by atoms with Crippen LogP contribution in [0.5, 0.6) is 0 Å². The van der Waals surface area contributed by atoms with E-state index in [-0.39, 0.29) is 41.1 Å². The van der Waals surface area contributed by atoms with Gasteiger partial charge in [0.1, 0.15) is 91.6 Å². The van der Waals surface area contributed by atoms with Crippen LogP contribution >= 0.6 is 0 Å². The predicted octanol–water partition coefficient (Wildman–Crippen LogP) is -1.56. The second kappa shape index (κ2) is 22.7. The molecule has 22 nitrogen and oxygen atoms in total. The maximum Gasteiger partial charge on any atom is 0.187 e. The SMILES string of the molecule is CC(C)=CCC[C@](C)(O[C@@H]1O[C@H](CO[C@@H]2OC[C@H](O)[C@H](O)[C@H]2O)[C@@H](O)[C@H](O)[C@H]1O)[C@H]1CC[C@]2(C)[C@@H]1[C@H](O)C[C@@H]1[C@@]3(C)CC[C@H](O[C@@H]4O[C@H](CO)[C@@H](O)[C@H](O)[C@H]4O[C@@H]4O[C@H](CO)[C@@H](O)[C@H](O)[C@H]4O)C(C)(C)[C@H]3CC[C@]12C. The van der Waals surface area contributed by atoms with Crippen molar-refractivity contribution < 1.29 is 109 Å². The molecular formula is C53H90O22. The van der Waals surface area contributed by atoms with Crippen molar-refractivity contribution in [3.8, 4) is 0 Å². The lowest BCUT2D eigenvalue weighted by Gasteiger charge is -2.71. The molecule has 0 bridgehead atoms. The lowest BCUT2D eigenvalue weighted by molar-refractivity contribution is -0.378. The standard InChI is InChI=1S/C53H90O22/c1-23(2)10-9-14-53(8,75-47-43(67)39(63)37(61)29(72-47)22-69-45-41(65)34(58)26(57)21-68-45)24-11-16-52(7)33(24)25(56)18-31-50(5)15-13-32(49(3,4)30(50)12-17-51(31,52)6)73-48-44(40(64)36(60)28(20-55)71-48)74-46-42(66)38(62)35(59)27(19-54)70-46/h10,24-48,54-67H,9,11-22H2,1-8H3/t24-,25+,26-,27+,28+,29+,30+,31+,32-,33-,34-,35+,36+,37+,38-,39-,40-,41+,42+,43+,44+,45-,46-,47-,48-,50-,51+,52+,53-/m0/s1. The van der Waals surface area contributed by atoms with Gasteiger partial charge in [0.25, 0.3) is 0 Å². The number of fused-ring (bicyclic) bond motifs is 5. The summed E-state index contributed by atoms with van der Waals surface area (Å²) in [5.74, 6) is -0.395. The van der Waals surface area contributed by atoms with Gasteiger partial charge in [0.2, 0.25) is 0 Å². The van der Waals surface area contributed by atoms with E-state index < -0.39 is 165 Å². The molecule has 4 saturated carbocycles. The van der Waals surface area contributed by atoms with Crippen LogP contribution in [0.3, 0.4) is 0 Å². The summed E-state index contributed by atoms with van der Waals surface area (Å²) in [6.45, 7) is 15.1. The highest BCUT2D eigenvalue weighted by molar-refractivity contribution is 5.20. The molecule has 8 rings (SSSR count). The largest absolute Gasteiger partial charge is 0.394 e. The molecule has 0 amide bonds. The van der Waals surface area contributed by atoms with Crippen molar-refractivity contribution >= 4 is 0 Å². The fourth-order valence-electron chi connectivity index (χ4n) is 16.0. The number of aliphatic hydroxyl groups is 14. The summed E-state index contributed by atoms with van der Waals surface area (Å²) in [7, 11) is 0. The van der Waals surface area contributed by atoms with Crippen molar-refractivity contribution in [3.05, 3.63) is 11.6 Å². The first-order valence-electron chi connectivity index (χ1n) is 27.3. The highest BCUT2D eigenvalue weighted by atomic mass is 16.8. The Morgan fingerprint density at radius 3 is 1.80 bits per heavy atom. The van der Waals surface area contributed by atoms with Gasteiger partial charge < -0.3 is 109 Å². The molecule has 14 N–H and O–H groups in total. The van der Waals surface area contributed by atoms with Gasteiger partial charge in [-0.1, -0.05) is 46.3 Å². The van der Waals surface area contributed by atoms with Crippen molar-refractivity contribution in [3.63, 3.8) is 0 Å². The van der Waals surface area contributed by atoms with E-state index in [0.717, 1.165) is 24.8 Å². The molecule has 8 fully saturated rings. The van der Waals surface area contributed by atoms with Crippen molar-refractivity contribution in [2.45, 2.75) is 248 Å². The maximum atomic E-state index is 12.8. The van der Waals surface area contributed by atoms with Crippen LogP contribution in [-0.4, -0.2) is 232 Å². The van der Waals surface area contributed by atoms with Gasteiger partial charge in [-0.25, -0.2) is 0 Å². The summed E-state index contributed by atoms with van der Waals surface area (Å²) in [5.41, 5.74) is -1.48. The van der Waals surface area contributed by atoms with E-state index in [1.165, 1.54) is 0 Å². The number of hydrogen-bond donors (Lipinski definition) is 14. The normalized spacial score (nSPS) is 52.7. The van der Waals surface area contributed by atoms with Gasteiger partial charge in [0.05, 0.1) is 44.2 Å². The van der Waals surface area contributed by atoms with Crippen LogP contribution in [0.1, 0.15) is 113 Å². The lowest BCUT2D eigenvalue weighted by atomic mass is 9.35. The van der Waals surface area contributed by atoms with Gasteiger partial charge >= 0.3 is 0 Å². The average molecular weight is 1080 g/mol. The minimum absolute atomic E-state index is 0.0508. The molecule has 0 radical (unpaired) electrons. The van der Waals surface area contributed by atoms with Crippen molar-refractivity contribution in [2.75, 3.05) is 26.4 Å². The van der Waals surface area contributed by atoms with Gasteiger partial charge in [-0.2, -0.15) is 0 Å². The van der Waals surface area contributed by atoms with Gasteiger partial charge in [0.15, 0.2) is 25.2 Å². The van der Waals surface area contributed by atoms with Crippen molar-refractivity contribution in [1.29, 1.82) is 0 Å². The molecular weight excluding hydrogens is 989 g/mol. The highest BCUT2D eigenvalue weighted by Crippen LogP contribution is 2.76. The van der Waals surface area contributed by atoms with Crippen molar-refractivity contribution in [2.24, 2.45) is 45.3 Å². The summed E-state index contributed by atoms with van der Waals surface area (Å²) in [6.07, 6.45) is -22.6. The topological polar surface area (TPSA) is 357 Å². The van der Waals surface area contributed by atoms with Crippen molar-refractivity contribution in [1.82, 2.24) is 0 Å². The molecule has 0 aromatic rings. The van der Waals surface area contributed by atoms with E-state index in [2.05, 4.69) is 40.7 Å². The Hall–Kier alpha value is -1.14. The van der Waals surface area contributed by atoms with Gasteiger partial charge in [-0.15, -0.1) is 0 Å². The first kappa shape index (κ1) is 60.0. The first-order valence-corrected chi connectivity index (χ1v) is 27.3. The number of ether oxygens (including phenoxy) is 8. The van der Waals surface area contributed by atoms with Gasteiger partial charge in [-0.3, -0.25) is 0 Å². The fraction of sp³-hybridized carbons (Fsp3) is 0.962. The van der Waals surface area contributed by atoms with Crippen LogP contribution in [0.25, 0.3) is 0 Å². The summed E-state index contributed by atoms with van der Waals surface area (Å²) in [4.78, 5) is 0. The third kappa shape index (κ3) is 10.6. The van der Waals surface area contributed by atoms with E-state index >= 15 is 0 Å². The van der Waals surface area contributed by atoms with E-state index in [9.17, 15) is 71.5 Å². The molecule has 22 heteroatoms. The second-order valence-corrected chi connectivity index (χ2v) is 25.3. The van der Waals surface area contributed by atoms with Crippen LogP contribution < -0.4 is 0 Å². The number of allylic oxidation sites excluding steroid dienone is 2. The fourth-order valence-corrected chi connectivity index (χ4v) is 16.0. The number of hydrogen-bond acceptors (Lipinski definition) is 22. The van der Waals surface area contributed by atoms with Crippen LogP contribution in [-0.2, 0) is 37.9 Å². The quantitative estimate of drug-likeness (QED) is 0.0651. The molecule has 75 heavy (non-hydrogen) atoms. The zero-order chi connectivity index (χ0) is 55.1. The molecule has 8 aliphatic rings.